The summed E-state index contributed by atoms with van der Waals surface area (Å²) in [6.07, 6.45) is 4.88. The van der Waals surface area contributed by atoms with Gasteiger partial charge in [-0.25, -0.2) is 4.98 Å². The van der Waals surface area contributed by atoms with Gasteiger partial charge in [0.05, 0.1) is 4.88 Å². The maximum Gasteiger partial charge on any atom is 0.150 e. The van der Waals surface area contributed by atoms with Crippen LogP contribution < -0.4 is 5.73 Å². The zero-order valence-corrected chi connectivity index (χ0v) is 9.57. The molecule has 0 fully saturated rings. The summed E-state index contributed by atoms with van der Waals surface area (Å²) >= 11 is 1.71. The van der Waals surface area contributed by atoms with Gasteiger partial charge in [-0.2, -0.15) is 0 Å². The summed E-state index contributed by atoms with van der Waals surface area (Å²) in [5, 5.41) is 2.07. The Kier molecular flexibility index (Phi) is 3.18. The minimum Gasteiger partial charge on any atom is -0.328 e. The van der Waals surface area contributed by atoms with Crippen molar-refractivity contribution in [1.82, 2.24) is 9.55 Å². The first kappa shape index (κ1) is 10.4. The van der Waals surface area contributed by atoms with Crippen LogP contribution in [-0.4, -0.2) is 16.1 Å². The maximum atomic E-state index is 5.75. The molecule has 0 spiro atoms. The molecular formula is C11H15N3S. The van der Waals surface area contributed by atoms with Crippen molar-refractivity contribution in [2.24, 2.45) is 5.73 Å². The lowest BCUT2D eigenvalue weighted by Crippen LogP contribution is -2.18. The normalized spacial score (nSPS) is 12.9. The van der Waals surface area contributed by atoms with E-state index in [9.17, 15) is 0 Å². The summed E-state index contributed by atoms with van der Waals surface area (Å²) in [6, 6.07) is 4.49. The van der Waals surface area contributed by atoms with Gasteiger partial charge in [-0.3, -0.25) is 0 Å². The van der Waals surface area contributed by atoms with E-state index in [0.717, 1.165) is 12.2 Å². The number of thiophene rings is 1. The van der Waals surface area contributed by atoms with Crippen molar-refractivity contribution in [3.8, 4) is 10.7 Å². The smallest absolute Gasteiger partial charge is 0.150 e. The zero-order chi connectivity index (χ0) is 10.7. The lowest BCUT2D eigenvalue weighted by Gasteiger charge is -2.16. The van der Waals surface area contributed by atoms with Crippen molar-refractivity contribution >= 4 is 11.3 Å². The highest BCUT2D eigenvalue weighted by molar-refractivity contribution is 7.13. The Morgan fingerprint density at radius 1 is 1.60 bits per heavy atom. The number of hydrogen-bond acceptors (Lipinski definition) is 3. The first-order chi connectivity index (χ1) is 7.36. The molecule has 0 aromatic carbocycles. The first-order valence-corrected chi connectivity index (χ1v) is 6.01. The lowest BCUT2D eigenvalue weighted by molar-refractivity contribution is 0.501. The van der Waals surface area contributed by atoms with Gasteiger partial charge < -0.3 is 10.3 Å². The SMILES string of the molecule is CCC(CN)n1ccnc1-c1cccs1. The van der Waals surface area contributed by atoms with Crippen LogP contribution >= 0.6 is 11.3 Å². The number of imidazole rings is 1. The number of rotatable bonds is 4. The molecule has 2 N–H and O–H groups in total. The summed E-state index contributed by atoms with van der Waals surface area (Å²) in [6.45, 7) is 2.81. The average Bonchev–Trinajstić information content (AvgIpc) is 2.88. The van der Waals surface area contributed by atoms with Crippen LogP contribution in [0.4, 0.5) is 0 Å². The summed E-state index contributed by atoms with van der Waals surface area (Å²) in [5.74, 6) is 1.03. The quantitative estimate of drug-likeness (QED) is 0.862. The largest absolute Gasteiger partial charge is 0.328 e. The van der Waals surface area contributed by atoms with E-state index >= 15 is 0 Å². The lowest BCUT2D eigenvalue weighted by atomic mass is 10.2. The molecule has 0 saturated heterocycles. The van der Waals surface area contributed by atoms with Gasteiger partial charge in [0, 0.05) is 25.0 Å². The first-order valence-electron chi connectivity index (χ1n) is 5.13. The number of nitrogens with two attached hydrogens (primary N) is 1. The highest BCUT2D eigenvalue weighted by Gasteiger charge is 2.12. The molecule has 1 atom stereocenters. The third kappa shape index (κ3) is 1.96. The minimum absolute atomic E-state index is 0.351. The van der Waals surface area contributed by atoms with Crippen molar-refractivity contribution in [3.63, 3.8) is 0 Å². The summed E-state index contributed by atoms with van der Waals surface area (Å²) in [7, 11) is 0. The van der Waals surface area contributed by atoms with Crippen LogP contribution in [0.3, 0.4) is 0 Å². The van der Waals surface area contributed by atoms with Gasteiger partial charge in [0.25, 0.3) is 0 Å². The Morgan fingerprint density at radius 2 is 2.47 bits per heavy atom. The van der Waals surface area contributed by atoms with Crippen LogP contribution in [-0.2, 0) is 0 Å². The summed E-state index contributed by atoms with van der Waals surface area (Å²) in [5.41, 5.74) is 5.75. The predicted octanol–water partition coefficient (Wildman–Crippen LogP) is 2.52. The molecule has 0 aliphatic heterocycles. The van der Waals surface area contributed by atoms with Crippen molar-refractivity contribution < 1.29 is 0 Å². The average molecular weight is 221 g/mol. The molecule has 0 amide bonds. The Morgan fingerprint density at radius 3 is 3.07 bits per heavy atom. The Bertz CT molecular complexity index is 401. The fourth-order valence-electron chi connectivity index (χ4n) is 1.68. The van der Waals surface area contributed by atoms with E-state index in [1.807, 2.05) is 18.5 Å². The minimum atomic E-state index is 0.351. The van der Waals surface area contributed by atoms with E-state index in [0.29, 0.717) is 12.6 Å². The molecule has 2 aromatic rings. The van der Waals surface area contributed by atoms with E-state index < -0.39 is 0 Å². The van der Waals surface area contributed by atoms with Gasteiger partial charge in [-0.05, 0) is 17.9 Å². The molecule has 2 rings (SSSR count). The van der Waals surface area contributed by atoms with Gasteiger partial charge in [-0.1, -0.05) is 13.0 Å². The number of hydrogen-bond donors (Lipinski definition) is 1. The van der Waals surface area contributed by atoms with Crippen LogP contribution in [0.5, 0.6) is 0 Å². The molecule has 0 bridgehead atoms. The Hall–Kier alpha value is -1.13. The monoisotopic (exact) mass is 221 g/mol. The molecule has 0 aliphatic carbocycles. The maximum absolute atomic E-state index is 5.75. The standard InChI is InChI=1S/C11H15N3S/c1-2-9(8-12)14-6-5-13-11(14)10-4-3-7-15-10/h3-7,9H,2,8,12H2,1H3. The molecular weight excluding hydrogens is 206 g/mol. The molecule has 15 heavy (non-hydrogen) atoms. The third-order valence-corrected chi connectivity index (χ3v) is 3.41. The van der Waals surface area contributed by atoms with Gasteiger partial charge in [-0.15, -0.1) is 11.3 Å². The van der Waals surface area contributed by atoms with Crippen molar-refractivity contribution in [2.45, 2.75) is 19.4 Å². The van der Waals surface area contributed by atoms with Crippen molar-refractivity contribution in [2.75, 3.05) is 6.54 Å². The topological polar surface area (TPSA) is 43.8 Å². The molecule has 0 saturated carbocycles. The fourth-order valence-corrected chi connectivity index (χ4v) is 2.41. The molecule has 1 unspecified atom stereocenters. The third-order valence-electron chi connectivity index (χ3n) is 2.55. The highest BCUT2D eigenvalue weighted by Crippen LogP contribution is 2.26. The van der Waals surface area contributed by atoms with Crippen LogP contribution in [0.1, 0.15) is 19.4 Å². The molecule has 2 heterocycles. The molecule has 0 radical (unpaired) electrons. The molecule has 80 valence electrons. The molecule has 0 aliphatic rings. The van der Waals surface area contributed by atoms with Crippen molar-refractivity contribution in [1.29, 1.82) is 0 Å². The zero-order valence-electron chi connectivity index (χ0n) is 8.76. The second kappa shape index (κ2) is 4.59. The van der Waals surface area contributed by atoms with Gasteiger partial charge in [0.15, 0.2) is 0 Å². The second-order valence-corrected chi connectivity index (χ2v) is 4.38. The van der Waals surface area contributed by atoms with E-state index in [1.54, 1.807) is 11.3 Å². The van der Waals surface area contributed by atoms with E-state index in [1.165, 1.54) is 4.88 Å². The van der Waals surface area contributed by atoms with Crippen molar-refractivity contribution in [3.05, 3.63) is 29.9 Å². The summed E-state index contributed by atoms with van der Waals surface area (Å²) in [4.78, 5) is 5.59. The highest BCUT2D eigenvalue weighted by atomic mass is 32.1. The predicted molar refractivity (Wildman–Crippen MR) is 63.9 cm³/mol. The Labute approximate surface area is 93.6 Å². The number of nitrogens with zero attached hydrogens (tertiary/aromatic N) is 2. The molecule has 3 nitrogen and oxygen atoms in total. The Balaban J connectivity index is 2.37. The summed E-state index contributed by atoms with van der Waals surface area (Å²) < 4.78 is 2.17. The molecule has 2 aromatic heterocycles. The molecule has 4 heteroatoms. The number of aromatic nitrogens is 2. The van der Waals surface area contributed by atoms with Crippen LogP contribution in [0, 0.1) is 0 Å². The van der Waals surface area contributed by atoms with E-state index in [-0.39, 0.29) is 0 Å². The van der Waals surface area contributed by atoms with Crippen LogP contribution in [0.2, 0.25) is 0 Å². The van der Waals surface area contributed by atoms with Gasteiger partial charge >= 0.3 is 0 Å². The van der Waals surface area contributed by atoms with Crippen LogP contribution in [0.15, 0.2) is 29.9 Å². The van der Waals surface area contributed by atoms with Gasteiger partial charge in [0.1, 0.15) is 5.82 Å². The van der Waals surface area contributed by atoms with E-state index in [4.69, 9.17) is 5.73 Å². The van der Waals surface area contributed by atoms with Gasteiger partial charge in [0.2, 0.25) is 0 Å². The van der Waals surface area contributed by atoms with Crippen LogP contribution in [0.25, 0.3) is 10.7 Å². The van der Waals surface area contributed by atoms with E-state index in [2.05, 4.69) is 27.9 Å². The fraction of sp³-hybridized carbons (Fsp3) is 0.364. The second-order valence-electron chi connectivity index (χ2n) is 3.43.